The average molecular weight is 310 g/mol. The van der Waals surface area contributed by atoms with Gasteiger partial charge < -0.3 is 4.98 Å². The van der Waals surface area contributed by atoms with Gasteiger partial charge in [-0.15, -0.1) is 0 Å². The molecule has 0 fully saturated rings. The SMILES string of the molecule is O=c1[nH]c(-c2ccccc2)nc2c1CCCCCCCCCC2. The van der Waals surface area contributed by atoms with Crippen molar-refractivity contribution in [3.8, 4) is 11.4 Å². The minimum Gasteiger partial charge on any atom is -0.306 e. The highest BCUT2D eigenvalue weighted by molar-refractivity contribution is 5.54. The topological polar surface area (TPSA) is 45.8 Å². The van der Waals surface area contributed by atoms with Gasteiger partial charge >= 0.3 is 0 Å². The highest BCUT2D eigenvalue weighted by Crippen LogP contribution is 2.19. The van der Waals surface area contributed by atoms with Crippen LogP contribution in [-0.4, -0.2) is 9.97 Å². The first-order valence-corrected chi connectivity index (χ1v) is 9.02. The summed E-state index contributed by atoms with van der Waals surface area (Å²) in [5, 5.41) is 0. The zero-order valence-electron chi connectivity index (χ0n) is 13.8. The van der Waals surface area contributed by atoms with Crippen molar-refractivity contribution in [1.29, 1.82) is 0 Å². The quantitative estimate of drug-likeness (QED) is 0.833. The molecule has 1 aliphatic rings. The first-order chi connectivity index (χ1) is 11.3. The third-order valence-corrected chi connectivity index (χ3v) is 4.74. The fraction of sp³-hybridized carbons (Fsp3) is 0.500. The lowest BCUT2D eigenvalue weighted by atomic mass is 9.99. The van der Waals surface area contributed by atoms with Crippen molar-refractivity contribution < 1.29 is 0 Å². The summed E-state index contributed by atoms with van der Waals surface area (Å²) < 4.78 is 0. The van der Waals surface area contributed by atoms with Crippen LogP contribution in [0.4, 0.5) is 0 Å². The molecule has 1 aromatic carbocycles. The van der Waals surface area contributed by atoms with Crippen LogP contribution < -0.4 is 5.56 Å². The van der Waals surface area contributed by atoms with Gasteiger partial charge in [0.2, 0.25) is 0 Å². The third-order valence-electron chi connectivity index (χ3n) is 4.74. The van der Waals surface area contributed by atoms with Crippen molar-refractivity contribution in [2.75, 3.05) is 0 Å². The monoisotopic (exact) mass is 310 g/mol. The molecule has 0 spiro atoms. The van der Waals surface area contributed by atoms with Gasteiger partial charge in [-0.3, -0.25) is 4.79 Å². The number of nitrogens with one attached hydrogen (secondary N) is 1. The van der Waals surface area contributed by atoms with E-state index in [-0.39, 0.29) is 5.56 Å². The summed E-state index contributed by atoms with van der Waals surface area (Å²) in [7, 11) is 0. The van der Waals surface area contributed by atoms with Crippen LogP contribution in [0.25, 0.3) is 11.4 Å². The van der Waals surface area contributed by atoms with Crippen molar-refractivity contribution in [3.63, 3.8) is 0 Å². The predicted molar refractivity (Wildman–Crippen MR) is 94.6 cm³/mol. The van der Waals surface area contributed by atoms with Crippen molar-refractivity contribution in [2.24, 2.45) is 0 Å². The molecule has 1 heterocycles. The molecule has 3 heteroatoms. The molecule has 0 amide bonds. The van der Waals surface area contributed by atoms with E-state index in [1.54, 1.807) is 0 Å². The summed E-state index contributed by atoms with van der Waals surface area (Å²) in [6.45, 7) is 0. The molecule has 1 N–H and O–H groups in total. The van der Waals surface area contributed by atoms with Crippen LogP contribution in [0.3, 0.4) is 0 Å². The van der Waals surface area contributed by atoms with Gasteiger partial charge in [-0.2, -0.15) is 0 Å². The van der Waals surface area contributed by atoms with E-state index in [0.29, 0.717) is 5.82 Å². The standard InChI is InChI=1S/C20H26N2O/c23-20-17-14-10-5-3-1-2-4-6-11-15-18(17)21-19(22-20)16-12-8-7-9-13-16/h7-9,12-13H,1-6,10-11,14-15H2,(H,21,22,23). The van der Waals surface area contributed by atoms with Crippen molar-refractivity contribution >= 4 is 0 Å². The lowest BCUT2D eigenvalue weighted by Gasteiger charge is -2.12. The van der Waals surface area contributed by atoms with Gasteiger partial charge in [0, 0.05) is 11.1 Å². The summed E-state index contributed by atoms with van der Waals surface area (Å²) in [5.74, 6) is 0.710. The number of rotatable bonds is 1. The van der Waals surface area contributed by atoms with E-state index in [9.17, 15) is 4.79 Å². The summed E-state index contributed by atoms with van der Waals surface area (Å²) in [6.07, 6.45) is 11.8. The number of aromatic nitrogens is 2. The van der Waals surface area contributed by atoms with Crippen LogP contribution in [0.5, 0.6) is 0 Å². The van der Waals surface area contributed by atoms with Crippen molar-refractivity contribution in [2.45, 2.75) is 64.2 Å². The van der Waals surface area contributed by atoms with E-state index < -0.39 is 0 Å². The summed E-state index contributed by atoms with van der Waals surface area (Å²) in [5.41, 5.74) is 2.99. The Balaban J connectivity index is 1.91. The predicted octanol–water partition coefficient (Wildman–Crippen LogP) is 4.66. The van der Waals surface area contributed by atoms with E-state index in [0.717, 1.165) is 42.5 Å². The van der Waals surface area contributed by atoms with E-state index in [4.69, 9.17) is 4.98 Å². The highest BCUT2D eigenvalue weighted by atomic mass is 16.1. The molecule has 1 aliphatic carbocycles. The highest BCUT2D eigenvalue weighted by Gasteiger charge is 2.13. The molecule has 0 radical (unpaired) electrons. The maximum absolute atomic E-state index is 12.6. The van der Waals surface area contributed by atoms with E-state index >= 15 is 0 Å². The summed E-state index contributed by atoms with van der Waals surface area (Å²) >= 11 is 0. The van der Waals surface area contributed by atoms with Crippen LogP contribution >= 0.6 is 0 Å². The van der Waals surface area contributed by atoms with Gasteiger partial charge in [-0.25, -0.2) is 4.98 Å². The summed E-state index contributed by atoms with van der Waals surface area (Å²) in [6, 6.07) is 9.94. The Morgan fingerprint density at radius 2 is 1.39 bits per heavy atom. The molecule has 1 aromatic heterocycles. The Morgan fingerprint density at radius 1 is 0.783 bits per heavy atom. The lowest BCUT2D eigenvalue weighted by Crippen LogP contribution is -2.19. The van der Waals surface area contributed by atoms with Crippen LogP contribution in [0.1, 0.15) is 62.6 Å². The number of hydrogen-bond acceptors (Lipinski definition) is 2. The van der Waals surface area contributed by atoms with E-state index in [1.165, 1.54) is 38.5 Å². The van der Waals surface area contributed by atoms with Gasteiger partial charge in [0.05, 0.1) is 5.69 Å². The first-order valence-electron chi connectivity index (χ1n) is 9.02. The molecular weight excluding hydrogens is 284 g/mol. The Hall–Kier alpha value is -1.90. The molecule has 2 aromatic rings. The van der Waals surface area contributed by atoms with Crippen LogP contribution in [0, 0.1) is 0 Å². The molecule has 122 valence electrons. The second kappa shape index (κ2) is 8.09. The molecule has 0 saturated carbocycles. The molecule has 0 aliphatic heterocycles. The Kier molecular flexibility index (Phi) is 5.62. The van der Waals surface area contributed by atoms with E-state index in [1.807, 2.05) is 30.3 Å². The van der Waals surface area contributed by atoms with Gasteiger partial charge in [0.25, 0.3) is 5.56 Å². The molecule has 23 heavy (non-hydrogen) atoms. The van der Waals surface area contributed by atoms with Crippen LogP contribution in [0.15, 0.2) is 35.1 Å². The van der Waals surface area contributed by atoms with Gasteiger partial charge in [-0.05, 0) is 25.7 Å². The van der Waals surface area contributed by atoms with E-state index in [2.05, 4.69) is 4.98 Å². The van der Waals surface area contributed by atoms with Crippen molar-refractivity contribution in [1.82, 2.24) is 9.97 Å². The second-order valence-corrected chi connectivity index (χ2v) is 6.53. The number of nitrogens with zero attached hydrogens (tertiary/aromatic N) is 1. The molecule has 3 nitrogen and oxygen atoms in total. The number of aromatic amines is 1. The number of benzene rings is 1. The fourth-order valence-corrected chi connectivity index (χ4v) is 3.40. The number of hydrogen-bond donors (Lipinski definition) is 1. The Labute approximate surface area is 138 Å². The molecule has 3 rings (SSSR count). The minimum absolute atomic E-state index is 0.0610. The summed E-state index contributed by atoms with van der Waals surface area (Å²) in [4.78, 5) is 20.4. The molecule has 0 saturated heterocycles. The van der Waals surface area contributed by atoms with Gasteiger partial charge in [-0.1, -0.05) is 68.9 Å². The molecule has 0 atom stereocenters. The van der Waals surface area contributed by atoms with Crippen LogP contribution in [-0.2, 0) is 12.8 Å². The fourth-order valence-electron chi connectivity index (χ4n) is 3.40. The minimum atomic E-state index is 0.0610. The van der Waals surface area contributed by atoms with Crippen molar-refractivity contribution in [3.05, 3.63) is 51.9 Å². The Bertz CT molecular complexity index is 676. The zero-order valence-corrected chi connectivity index (χ0v) is 13.8. The number of aryl methyl sites for hydroxylation is 1. The van der Waals surface area contributed by atoms with Gasteiger partial charge in [0.15, 0.2) is 0 Å². The normalized spacial score (nSPS) is 16.9. The van der Waals surface area contributed by atoms with Crippen LogP contribution in [0.2, 0.25) is 0 Å². The number of H-pyrrole nitrogens is 1. The lowest BCUT2D eigenvalue weighted by molar-refractivity contribution is 0.555. The number of fused-ring (bicyclic) bond motifs is 1. The molecule has 0 bridgehead atoms. The van der Waals surface area contributed by atoms with Gasteiger partial charge in [0.1, 0.15) is 5.82 Å². The first kappa shape index (κ1) is 16.0. The molecular formula is C20H26N2O. The molecule has 0 unspecified atom stereocenters. The third kappa shape index (κ3) is 4.31. The second-order valence-electron chi connectivity index (χ2n) is 6.53. The maximum atomic E-state index is 12.6. The maximum Gasteiger partial charge on any atom is 0.254 e. The average Bonchev–Trinajstić information content (AvgIpc) is 2.57. The largest absolute Gasteiger partial charge is 0.306 e. The smallest absolute Gasteiger partial charge is 0.254 e. The zero-order chi connectivity index (χ0) is 15.9. The Morgan fingerprint density at radius 3 is 2.09 bits per heavy atom.